The van der Waals surface area contributed by atoms with Crippen LogP contribution in [0.3, 0.4) is 0 Å². The number of carbonyl (C=O) groups excluding carboxylic acids is 1. The molecule has 0 aromatic carbocycles. The Hall–Kier alpha value is -1.68. The Balaban J connectivity index is 1.57. The predicted octanol–water partition coefficient (Wildman–Crippen LogP) is 3.17. The molecule has 2 heterocycles. The minimum absolute atomic E-state index is 0.108. The number of carbonyl (C=O) groups is 1. The minimum Gasteiger partial charge on any atom is -0.350 e. The largest absolute Gasteiger partial charge is 0.350 e. The number of amides is 1. The zero-order valence-corrected chi connectivity index (χ0v) is 11.7. The topological polar surface area (TPSA) is 42.0 Å². The summed E-state index contributed by atoms with van der Waals surface area (Å²) in [5.74, 6) is 0.108. The molecule has 0 spiro atoms. The highest BCUT2D eigenvalue weighted by Crippen LogP contribution is 2.12. The maximum Gasteiger partial charge on any atom is 0.220 e. The van der Waals surface area contributed by atoms with Gasteiger partial charge in [0.2, 0.25) is 5.91 Å². The first kappa shape index (κ1) is 13.7. The van der Waals surface area contributed by atoms with Gasteiger partial charge in [-0.3, -0.25) is 9.78 Å². The summed E-state index contributed by atoms with van der Waals surface area (Å²) in [4.78, 5) is 17.2. The lowest BCUT2D eigenvalue weighted by atomic mass is 10.1. The van der Waals surface area contributed by atoms with E-state index in [0.717, 1.165) is 25.0 Å². The Morgan fingerprint density at radius 1 is 1.21 bits per heavy atom. The summed E-state index contributed by atoms with van der Waals surface area (Å²) in [6, 6.07) is 9.92. The summed E-state index contributed by atoms with van der Waals surface area (Å²) < 4.78 is 0. The lowest BCUT2D eigenvalue weighted by Crippen LogP contribution is -2.22. The van der Waals surface area contributed by atoms with Crippen LogP contribution in [0.25, 0.3) is 0 Å². The van der Waals surface area contributed by atoms with Crippen molar-refractivity contribution in [1.29, 1.82) is 0 Å². The summed E-state index contributed by atoms with van der Waals surface area (Å²) in [7, 11) is 0. The number of thiophene rings is 1. The molecule has 0 saturated heterocycles. The quantitative estimate of drug-likeness (QED) is 0.788. The van der Waals surface area contributed by atoms with Gasteiger partial charge < -0.3 is 5.32 Å². The van der Waals surface area contributed by atoms with Gasteiger partial charge in [0.05, 0.1) is 12.2 Å². The van der Waals surface area contributed by atoms with E-state index in [-0.39, 0.29) is 5.91 Å². The highest BCUT2D eigenvalue weighted by molar-refractivity contribution is 7.09. The maximum absolute atomic E-state index is 11.6. The first-order chi connectivity index (χ1) is 9.34. The van der Waals surface area contributed by atoms with Crippen molar-refractivity contribution < 1.29 is 4.79 Å². The summed E-state index contributed by atoms with van der Waals surface area (Å²) in [5, 5.41) is 4.99. The predicted molar refractivity (Wildman–Crippen MR) is 78.0 cm³/mol. The summed E-state index contributed by atoms with van der Waals surface area (Å²) in [6.45, 7) is 0.518. The van der Waals surface area contributed by atoms with Gasteiger partial charge in [-0.2, -0.15) is 0 Å². The molecule has 4 heteroatoms. The van der Waals surface area contributed by atoms with E-state index in [0.29, 0.717) is 13.0 Å². The Morgan fingerprint density at radius 3 is 2.89 bits per heavy atom. The fraction of sp³-hybridized carbons (Fsp3) is 0.333. The number of nitrogens with zero attached hydrogens (tertiary/aromatic N) is 1. The molecule has 1 N–H and O–H groups in total. The van der Waals surface area contributed by atoms with Crippen molar-refractivity contribution in [3.8, 4) is 0 Å². The molecule has 0 aliphatic rings. The van der Waals surface area contributed by atoms with E-state index in [2.05, 4.69) is 27.8 Å². The summed E-state index contributed by atoms with van der Waals surface area (Å²) in [6.07, 6.45) is 5.41. The van der Waals surface area contributed by atoms with Gasteiger partial charge in [0.1, 0.15) is 0 Å². The van der Waals surface area contributed by atoms with Crippen LogP contribution in [-0.4, -0.2) is 10.9 Å². The van der Waals surface area contributed by atoms with Crippen LogP contribution in [0.5, 0.6) is 0 Å². The number of hydrogen-bond acceptors (Lipinski definition) is 3. The molecular weight excluding hydrogens is 256 g/mol. The number of aryl methyl sites for hydroxylation is 1. The fourth-order valence-corrected chi connectivity index (χ4v) is 2.57. The Bertz CT molecular complexity index is 482. The van der Waals surface area contributed by atoms with Crippen molar-refractivity contribution in [3.05, 3.63) is 52.5 Å². The van der Waals surface area contributed by atoms with Crippen LogP contribution in [0.15, 0.2) is 41.9 Å². The van der Waals surface area contributed by atoms with E-state index in [1.807, 2.05) is 18.2 Å². The third kappa shape index (κ3) is 5.22. The third-order valence-corrected chi connectivity index (χ3v) is 3.79. The number of hydrogen-bond donors (Lipinski definition) is 1. The van der Waals surface area contributed by atoms with Gasteiger partial charge in [0.15, 0.2) is 0 Å². The van der Waals surface area contributed by atoms with Crippen molar-refractivity contribution >= 4 is 17.2 Å². The first-order valence-electron chi connectivity index (χ1n) is 6.53. The molecule has 0 aliphatic carbocycles. The molecular formula is C15H18N2OS. The summed E-state index contributed by atoms with van der Waals surface area (Å²) >= 11 is 1.78. The summed E-state index contributed by atoms with van der Waals surface area (Å²) in [5.41, 5.74) is 0.898. The van der Waals surface area contributed by atoms with E-state index < -0.39 is 0 Å². The van der Waals surface area contributed by atoms with Crippen LogP contribution in [0.2, 0.25) is 0 Å². The van der Waals surface area contributed by atoms with Gasteiger partial charge >= 0.3 is 0 Å². The van der Waals surface area contributed by atoms with E-state index >= 15 is 0 Å². The van der Waals surface area contributed by atoms with Gasteiger partial charge in [0, 0.05) is 17.5 Å². The third-order valence-electron chi connectivity index (χ3n) is 2.85. The molecule has 2 aromatic heterocycles. The smallest absolute Gasteiger partial charge is 0.220 e. The van der Waals surface area contributed by atoms with Crippen LogP contribution >= 0.6 is 11.3 Å². The van der Waals surface area contributed by atoms with E-state index in [1.54, 1.807) is 17.5 Å². The SMILES string of the molecule is O=C(CCCCc1cccs1)NCc1ccccn1. The van der Waals surface area contributed by atoms with Crippen molar-refractivity contribution in [3.63, 3.8) is 0 Å². The van der Waals surface area contributed by atoms with Crippen molar-refractivity contribution in [2.24, 2.45) is 0 Å². The second-order valence-electron chi connectivity index (χ2n) is 4.38. The molecule has 2 rings (SSSR count). The number of rotatable bonds is 7. The minimum atomic E-state index is 0.108. The average Bonchev–Trinajstić information content (AvgIpc) is 2.96. The van der Waals surface area contributed by atoms with Crippen LogP contribution in [0.4, 0.5) is 0 Å². The Kier molecular flexibility index (Phi) is 5.56. The lowest BCUT2D eigenvalue weighted by molar-refractivity contribution is -0.121. The Labute approximate surface area is 117 Å². The number of nitrogens with one attached hydrogen (secondary N) is 1. The molecule has 0 fully saturated rings. The first-order valence-corrected chi connectivity index (χ1v) is 7.41. The van der Waals surface area contributed by atoms with Gasteiger partial charge in [-0.15, -0.1) is 11.3 Å². The molecule has 0 unspecified atom stereocenters. The Morgan fingerprint density at radius 2 is 2.16 bits per heavy atom. The molecule has 0 aliphatic heterocycles. The normalized spacial score (nSPS) is 10.3. The average molecular weight is 274 g/mol. The lowest BCUT2D eigenvalue weighted by Gasteiger charge is -2.04. The van der Waals surface area contributed by atoms with Crippen LogP contribution in [0.1, 0.15) is 29.8 Å². The van der Waals surface area contributed by atoms with Gasteiger partial charge in [-0.25, -0.2) is 0 Å². The van der Waals surface area contributed by atoms with Crippen LogP contribution in [-0.2, 0) is 17.8 Å². The second-order valence-corrected chi connectivity index (χ2v) is 5.42. The number of unbranched alkanes of at least 4 members (excludes halogenated alkanes) is 1. The van der Waals surface area contributed by atoms with Crippen molar-refractivity contribution in [2.45, 2.75) is 32.2 Å². The van der Waals surface area contributed by atoms with E-state index in [1.165, 1.54) is 4.88 Å². The molecule has 2 aromatic rings. The zero-order chi connectivity index (χ0) is 13.3. The van der Waals surface area contributed by atoms with E-state index in [4.69, 9.17) is 0 Å². The fourth-order valence-electron chi connectivity index (χ4n) is 1.82. The van der Waals surface area contributed by atoms with Gasteiger partial charge in [-0.1, -0.05) is 12.1 Å². The molecule has 0 saturated carbocycles. The molecule has 19 heavy (non-hydrogen) atoms. The highest BCUT2D eigenvalue weighted by Gasteiger charge is 2.02. The maximum atomic E-state index is 11.6. The molecule has 3 nitrogen and oxygen atoms in total. The molecule has 100 valence electrons. The van der Waals surface area contributed by atoms with Gasteiger partial charge in [0.25, 0.3) is 0 Å². The van der Waals surface area contributed by atoms with Gasteiger partial charge in [-0.05, 0) is 42.8 Å². The van der Waals surface area contributed by atoms with E-state index in [9.17, 15) is 4.79 Å². The van der Waals surface area contributed by atoms with Crippen molar-refractivity contribution in [1.82, 2.24) is 10.3 Å². The highest BCUT2D eigenvalue weighted by atomic mass is 32.1. The van der Waals surface area contributed by atoms with Crippen LogP contribution < -0.4 is 5.32 Å². The molecule has 0 radical (unpaired) electrons. The molecule has 0 bridgehead atoms. The van der Waals surface area contributed by atoms with Crippen LogP contribution in [0, 0.1) is 0 Å². The molecule has 0 atom stereocenters. The number of aromatic nitrogens is 1. The monoisotopic (exact) mass is 274 g/mol. The van der Waals surface area contributed by atoms with Crippen molar-refractivity contribution in [2.75, 3.05) is 0 Å². The molecule has 1 amide bonds. The number of pyridine rings is 1. The zero-order valence-electron chi connectivity index (χ0n) is 10.8. The standard InChI is InChI=1S/C15H18N2OS/c18-15(17-12-13-6-3-4-10-16-13)9-2-1-7-14-8-5-11-19-14/h3-6,8,10-11H,1-2,7,9,12H2,(H,17,18). The second kappa shape index (κ2) is 7.69.